The zero-order valence-electron chi connectivity index (χ0n) is 10.7. The highest BCUT2D eigenvalue weighted by atomic mass is 79.9. The summed E-state index contributed by atoms with van der Waals surface area (Å²) in [5, 5.41) is 15.7. The van der Waals surface area contributed by atoms with Gasteiger partial charge in [0.15, 0.2) is 0 Å². The maximum absolute atomic E-state index is 11.8. The standard InChI is InChI=1S/C12H15BrFN3O3/c13-11-8-10(17(19)20)3-2-9(11)4-7-16-12(18)15-6-1-5-14/h2-3,8H,1,4-7H2,(H2,15,16,18). The van der Waals surface area contributed by atoms with Crippen molar-refractivity contribution < 1.29 is 14.1 Å². The van der Waals surface area contributed by atoms with E-state index in [4.69, 9.17) is 0 Å². The van der Waals surface area contributed by atoms with E-state index in [0.29, 0.717) is 30.4 Å². The molecular weight excluding hydrogens is 333 g/mol. The largest absolute Gasteiger partial charge is 0.338 e. The van der Waals surface area contributed by atoms with Gasteiger partial charge in [-0.25, -0.2) is 4.79 Å². The van der Waals surface area contributed by atoms with Crippen molar-refractivity contribution in [3.05, 3.63) is 38.3 Å². The Bertz CT molecular complexity index is 485. The monoisotopic (exact) mass is 347 g/mol. The molecule has 0 fully saturated rings. The van der Waals surface area contributed by atoms with Gasteiger partial charge in [-0.2, -0.15) is 0 Å². The van der Waals surface area contributed by atoms with Crippen LogP contribution in [0.25, 0.3) is 0 Å². The topological polar surface area (TPSA) is 84.3 Å². The fourth-order valence-electron chi connectivity index (χ4n) is 1.49. The van der Waals surface area contributed by atoms with Gasteiger partial charge in [-0.05, 0) is 18.4 Å². The number of nitrogens with one attached hydrogen (secondary N) is 2. The lowest BCUT2D eigenvalue weighted by molar-refractivity contribution is -0.384. The first-order chi connectivity index (χ1) is 9.54. The number of benzene rings is 1. The van der Waals surface area contributed by atoms with E-state index in [-0.39, 0.29) is 11.7 Å². The van der Waals surface area contributed by atoms with Crippen molar-refractivity contribution in [1.82, 2.24) is 10.6 Å². The molecule has 1 aromatic rings. The number of hydrogen-bond acceptors (Lipinski definition) is 3. The second-order valence-electron chi connectivity index (χ2n) is 4.01. The number of non-ortho nitro benzene ring substituents is 1. The number of nitro benzene ring substituents is 1. The smallest absolute Gasteiger partial charge is 0.314 e. The van der Waals surface area contributed by atoms with Crippen molar-refractivity contribution in [2.75, 3.05) is 19.8 Å². The summed E-state index contributed by atoms with van der Waals surface area (Å²) >= 11 is 3.26. The Balaban J connectivity index is 2.38. The normalized spacial score (nSPS) is 10.1. The number of nitro groups is 1. The summed E-state index contributed by atoms with van der Waals surface area (Å²) < 4.78 is 12.5. The molecule has 6 nitrogen and oxygen atoms in total. The summed E-state index contributed by atoms with van der Waals surface area (Å²) in [4.78, 5) is 21.4. The fourth-order valence-corrected chi connectivity index (χ4v) is 2.06. The van der Waals surface area contributed by atoms with Gasteiger partial charge >= 0.3 is 6.03 Å². The Hall–Kier alpha value is -1.70. The molecule has 0 unspecified atom stereocenters. The van der Waals surface area contributed by atoms with Gasteiger partial charge in [0.25, 0.3) is 5.69 Å². The molecule has 20 heavy (non-hydrogen) atoms. The number of amides is 2. The van der Waals surface area contributed by atoms with Gasteiger partial charge in [-0.1, -0.05) is 22.0 Å². The van der Waals surface area contributed by atoms with E-state index in [1.165, 1.54) is 12.1 Å². The number of rotatable bonds is 7. The number of halogens is 2. The zero-order valence-corrected chi connectivity index (χ0v) is 12.3. The van der Waals surface area contributed by atoms with Crippen molar-refractivity contribution in [2.24, 2.45) is 0 Å². The lowest BCUT2D eigenvalue weighted by atomic mass is 10.1. The van der Waals surface area contributed by atoms with Crippen molar-refractivity contribution in [3.63, 3.8) is 0 Å². The predicted octanol–water partition coefficient (Wildman–Crippen LogP) is 2.56. The highest BCUT2D eigenvalue weighted by Crippen LogP contribution is 2.23. The third kappa shape index (κ3) is 5.52. The molecule has 0 aliphatic carbocycles. The number of nitrogens with zero attached hydrogens (tertiary/aromatic N) is 1. The predicted molar refractivity (Wildman–Crippen MR) is 76.5 cm³/mol. The molecule has 0 aromatic heterocycles. The van der Waals surface area contributed by atoms with E-state index in [1.807, 2.05) is 0 Å². The number of carbonyl (C=O) groups excluding carboxylic acids is 1. The van der Waals surface area contributed by atoms with E-state index in [1.54, 1.807) is 6.07 Å². The van der Waals surface area contributed by atoms with Crippen molar-refractivity contribution in [1.29, 1.82) is 0 Å². The quantitative estimate of drug-likeness (QED) is 0.451. The van der Waals surface area contributed by atoms with Gasteiger partial charge in [0.1, 0.15) is 0 Å². The Kier molecular flexibility index (Phi) is 6.92. The molecule has 0 aliphatic heterocycles. The third-order valence-corrected chi connectivity index (χ3v) is 3.26. The molecule has 0 spiro atoms. The van der Waals surface area contributed by atoms with Crippen LogP contribution in [-0.2, 0) is 6.42 Å². The van der Waals surface area contributed by atoms with Crippen LogP contribution in [0.4, 0.5) is 14.9 Å². The van der Waals surface area contributed by atoms with Crippen LogP contribution in [0.5, 0.6) is 0 Å². The van der Waals surface area contributed by atoms with Crippen molar-refractivity contribution >= 4 is 27.6 Å². The van der Waals surface area contributed by atoms with Crippen LogP contribution >= 0.6 is 15.9 Å². The molecule has 0 saturated heterocycles. The summed E-state index contributed by atoms with van der Waals surface area (Å²) in [5.41, 5.74) is 0.872. The van der Waals surface area contributed by atoms with E-state index in [2.05, 4.69) is 26.6 Å². The summed E-state index contributed by atoms with van der Waals surface area (Å²) in [6, 6.07) is 4.14. The molecule has 2 amide bonds. The molecule has 8 heteroatoms. The lowest BCUT2D eigenvalue weighted by Gasteiger charge is -2.08. The molecule has 1 rings (SSSR count). The minimum Gasteiger partial charge on any atom is -0.338 e. The van der Waals surface area contributed by atoms with Gasteiger partial charge in [-0.15, -0.1) is 0 Å². The molecule has 0 atom stereocenters. The van der Waals surface area contributed by atoms with Crippen molar-refractivity contribution in [2.45, 2.75) is 12.8 Å². The number of hydrogen-bond donors (Lipinski definition) is 2. The average molecular weight is 348 g/mol. The molecule has 2 N–H and O–H groups in total. The Morgan fingerprint density at radius 1 is 1.35 bits per heavy atom. The maximum atomic E-state index is 11.8. The summed E-state index contributed by atoms with van der Waals surface area (Å²) in [6.45, 7) is 0.220. The summed E-state index contributed by atoms with van der Waals surface area (Å²) in [5.74, 6) is 0. The van der Waals surface area contributed by atoms with Crippen LogP contribution in [0.3, 0.4) is 0 Å². The van der Waals surface area contributed by atoms with Gasteiger partial charge in [0.2, 0.25) is 0 Å². The van der Waals surface area contributed by atoms with Crippen molar-refractivity contribution in [3.8, 4) is 0 Å². The van der Waals surface area contributed by atoms with E-state index in [0.717, 1.165) is 5.56 Å². The van der Waals surface area contributed by atoms with Gasteiger partial charge < -0.3 is 10.6 Å². The molecule has 0 aliphatic rings. The van der Waals surface area contributed by atoms with Crippen LogP contribution < -0.4 is 10.6 Å². The minimum atomic E-state index is -0.467. The highest BCUT2D eigenvalue weighted by molar-refractivity contribution is 9.10. The Labute approximate surface area is 124 Å². The second-order valence-corrected chi connectivity index (χ2v) is 4.86. The summed E-state index contributed by atoms with van der Waals surface area (Å²) in [7, 11) is 0. The Morgan fingerprint density at radius 2 is 2.05 bits per heavy atom. The van der Waals surface area contributed by atoms with Gasteiger partial charge in [-0.3, -0.25) is 14.5 Å². The van der Waals surface area contributed by atoms with Crippen LogP contribution in [0.2, 0.25) is 0 Å². The number of urea groups is 1. The SMILES string of the molecule is O=C(NCCCF)NCCc1ccc([N+](=O)[O-])cc1Br. The lowest BCUT2D eigenvalue weighted by Crippen LogP contribution is -2.37. The van der Waals surface area contributed by atoms with E-state index in [9.17, 15) is 19.3 Å². The van der Waals surface area contributed by atoms with E-state index < -0.39 is 11.6 Å². The molecule has 0 saturated carbocycles. The molecule has 1 aromatic carbocycles. The molecule has 0 radical (unpaired) electrons. The molecular formula is C12H15BrFN3O3. The second kappa shape index (κ2) is 8.47. The van der Waals surface area contributed by atoms with Crippen LogP contribution in [0.15, 0.2) is 22.7 Å². The highest BCUT2D eigenvalue weighted by Gasteiger charge is 2.09. The average Bonchev–Trinajstić information content (AvgIpc) is 2.40. The summed E-state index contributed by atoms with van der Waals surface area (Å²) in [6.07, 6.45) is 0.830. The third-order valence-electron chi connectivity index (χ3n) is 2.52. The van der Waals surface area contributed by atoms with Gasteiger partial charge in [0, 0.05) is 29.7 Å². The van der Waals surface area contributed by atoms with Crippen LogP contribution in [0.1, 0.15) is 12.0 Å². The van der Waals surface area contributed by atoms with Gasteiger partial charge in [0.05, 0.1) is 11.6 Å². The van der Waals surface area contributed by atoms with Crippen LogP contribution in [0, 0.1) is 10.1 Å². The number of carbonyl (C=O) groups is 1. The molecule has 0 bridgehead atoms. The molecule has 110 valence electrons. The van der Waals surface area contributed by atoms with E-state index >= 15 is 0 Å². The van der Waals surface area contributed by atoms with Crippen LogP contribution in [-0.4, -0.2) is 30.7 Å². The zero-order chi connectivity index (χ0) is 15.0. The molecule has 0 heterocycles. The maximum Gasteiger partial charge on any atom is 0.314 e. The first kappa shape index (κ1) is 16.4. The first-order valence-corrected chi connectivity index (χ1v) is 6.84. The fraction of sp³-hybridized carbons (Fsp3) is 0.417. The Morgan fingerprint density at radius 3 is 2.65 bits per heavy atom. The first-order valence-electron chi connectivity index (χ1n) is 6.05. The minimum absolute atomic E-state index is 0.0116. The number of alkyl halides is 1.